The second-order valence-corrected chi connectivity index (χ2v) is 4.59. The third kappa shape index (κ3) is 3.76. The molecule has 2 rings (SSSR count). The van der Waals surface area contributed by atoms with Gasteiger partial charge in [0.05, 0.1) is 0 Å². The summed E-state index contributed by atoms with van der Waals surface area (Å²) in [4.78, 5) is 19.4. The molecule has 0 radical (unpaired) electrons. The maximum absolute atomic E-state index is 11.6. The van der Waals surface area contributed by atoms with Gasteiger partial charge in [-0.3, -0.25) is 4.79 Å². The zero-order valence-electron chi connectivity index (χ0n) is 11.7. The van der Waals surface area contributed by atoms with E-state index in [1.807, 2.05) is 19.9 Å². The number of benzene rings is 1. The smallest absolute Gasteiger partial charge is 0.256 e. The number of nitriles is 1. The number of nitrogens with zero attached hydrogens (tertiary/aromatic N) is 3. The molecule has 0 unspecified atom stereocenters. The van der Waals surface area contributed by atoms with Gasteiger partial charge in [0, 0.05) is 24.0 Å². The number of carbonyl (C=O) groups is 1. The van der Waals surface area contributed by atoms with Crippen molar-refractivity contribution < 1.29 is 9.53 Å². The molecule has 1 heterocycles. The molecule has 0 saturated carbocycles. The topological polar surface area (TPSA) is 87.9 Å². The maximum Gasteiger partial charge on any atom is 0.256 e. The molecule has 0 aliphatic carbocycles. The standard InChI is InChI=1S/C15H14N4O2/c1-10(2)14(20)19-11-3-5-12(6-4-11)21-15-13(9-16)17-7-8-18-15/h3-8,10H,1-2H3,(H,19,20). The SMILES string of the molecule is CC(C)C(=O)Nc1ccc(Oc2nccnc2C#N)cc1. The average molecular weight is 282 g/mol. The third-order valence-electron chi connectivity index (χ3n) is 2.63. The van der Waals surface area contributed by atoms with Crippen molar-refractivity contribution in [2.24, 2.45) is 5.92 Å². The summed E-state index contributed by atoms with van der Waals surface area (Å²) in [5.41, 5.74) is 0.801. The summed E-state index contributed by atoms with van der Waals surface area (Å²) >= 11 is 0. The molecule has 0 fully saturated rings. The molecule has 0 atom stereocenters. The van der Waals surface area contributed by atoms with Crippen LogP contribution in [-0.4, -0.2) is 15.9 Å². The zero-order valence-corrected chi connectivity index (χ0v) is 11.7. The van der Waals surface area contributed by atoms with E-state index in [0.29, 0.717) is 11.4 Å². The molecule has 1 amide bonds. The number of aromatic nitrogens is 2. The second kappa shape index (κ2) is 6.48. The van der Waals surface area contributed by atoms with Crippen molar-refractivity contribution in [3.8, 4) is 17.7 Å². The van der Waals surface area contributed by atoms with Crippen LogP contribution in [0.3, 0.4) is 0 Å². The van der Waals surface area contributed by atoms with E-state index in [0.717, 1.165) is 0 Å². The van der Waals surface area contributed by atoms with Crippen LogP contribution in [0.2, 0.25) is 0 Å². The lowest BCUT2D eigenvalue weighted by Gasteiger charge is -2.09. The van der Waals surface area contributed by atoms with Gasteiger partial charge in [-0.25, -0.2) is 9.97 Å². The Kier molecular flexibility index (Phi) is 4.46. The first-order chi connectivity index (χ1) is 10.1. The molecule has 1 aromatic carbocycles. The van der Waals surface area contributed by atoms with Gasteiger partial charge in [0.1, 0.15) is 11.8 Å². The van der Waals surface area contributed by atoms with E-state index < -0.39 is 0 Å². The monoisotopic (exact) mass is 282 g/mol. The lowest BCUT2D eigenvalue weighted by Crippen LogP contribution is -2.17. The highest BCUT2D eigenvalue weighted by Gasteiger charge is 2.09. The largest absolute Gasteiger partial charge is 0.436 e. The molecule has 6 heteroatoms. The fraction of sp³-hybridized carbons (Fsp3) is 0.200. The Morgan fingerprint density at radius 1 is 1.24 bits per heavy atom. The van der Waals surface area contributed by atoms with E-state index in [-0.39, 0.29) is 23.4 Å². The predicted octanol–water partition coefficient (Wildman–Crippen LogP) is 2.74. The van der Waals surface area contributed by atoms with Crippen molar-refractivity contribution in [1.29, 1.82) is 5.26 Å². The van der Waals surface area contributed by atoms with Crippen LogP contribution in [-0.2, 0) is 4.79 Å². The van der Waals surface area contributed by atoms with Crippen molar-refractivity contribution in [2.75, 3.05) is 5.32 Å². The van der Waals surface area contributed by atoms with Crippen LogP contribution in [0.4, 0.5) is 5.69 Å². The van der Waals surface area contributed by atoms with Crippen LogP contribution >= 0.6 is 0 Å². The van der Waals surface area contributed by atoms with Crippen LogP contribution in [0.1, 0.15) is 19.5 Å². The van der Waals surface area contributed by atoms with Crippen molar-refractivity contribution >= 4 is 11.6 Å². The highest BCUT2D eigenvalue weighted by atomic mass is 16.5. The molecule has 21 heavy (non-hydrogen) atoms. The molecule has 0 aliphatic rings. The summed E-state index contributed by atoms with van der Waals surface area (Å²) < 4.78 is 5.50. The van der Waals surface area contributed by atoms with Crippen molar-refractivity contribution in [3.63, 3.8) is 0 Å². The van der Waals surface area contributed by atoms with Crippen LogP contribution < -0.4 is 10.1 Å². The molecular weight excluding hydrogens is 268 g/mol. The van der Waals surface area contributed by atoms with Gasteiger partial charge < -0.3 is 10.1 Å². The van der Waals surface area contributed by atoms with Gasteiger partial charge >= 0.3 is 0 Å². The Morgan fingerprint density at radius 3 is 2.52 bits per heavy atom. The minimum absolute atomic E-state index is 0.0515. The highest BCUT2D eigenvalue weighted by Crippen LogP contribution is 2.23. The number of ether oxygens (including phenoxy) is 1. The molecule has 6 nitrogen and oxygen atoms in total. The summed E-state index contributed by atoms with van der Waals surface area (Å²) in [5.74, 6) is 0.525. The van der Waals surface area contributed by atoms with Crippen LogP contribution in [0, 0.1) is 17.2 Å². The lowest BCUT2D eigenvalue weighted by molar-refractivity contribution is -0.118. The minimum atomic E-state index is -0.0845. The van der Waals surface area contributed by atoms with Gasteiger partial charge in [0.15, 0.2) is 0 Å². The summed E-state index contributed by atoms with van der Waals surface area (Å²) in [7, 11) is 0. The Hall–Kier alpha value is -2.94. The van der Waals surface area contributed by atoms with Crippen molar-refractivity contribution in [3.05, 3.63) is 42.4 Å². The van der Waals surface area contributed by atoms with Crippen LogP contribution in [0.5, 0.6) is 11.6 Å². The molecule has 1 aromatic heterocycles. The number of nitrogens with one attached hydrogen (secondary N) is 1. The zero-order chi connectivity index (χ0) is 15.2. The molecule has 0 aliphatic heterocycles. The van der Waals surface area contributed by atoms with Crippen molar-refractivity contribution in [2.45, 2.75) is 13.8 Å². The summed E-state index contributed by atoms with van der Waals surface area (Å²) in [5, 5.41) is 11.7. The van der Waals surface area contributed by atoms with E-state index in [9.17, 15) is 4.79 Å². The quantitative estimate of drug-likeness (QED) is 0.931. The van der Waals surface area contributed by atoms with Gasteiger partial charge in [0.25, 0.3) is 5.88 Å². The number of carbonyl (C=O) groups excluding carboxylic acids is 1. The molecule has 106 valence electrons. The average Bonchev–Trinajstić information content (AvgIpc) is 2.49. The van der Waals surface area contributed by atoms with Crippen LogP contribution in [0.25, 0.3) is 0 Å². The fourth-order valence-electron chi connectivity index (χ4n) is 1.48. The molecule has 0 bridgehead atoms. The van der Waals surface area contributed by atoms with E-state index in [1.54, 1.807) is 24.3 Å². The van der Waals surface area contributed by atoms with Crippen molar-refractivity contribution in [1.82, 2.24) is 9.97 Å². The normalized spacial score (nSPS) is 10.0. The first-order valence-electron chi connectivity index (χ1n) is 6.40. The number of rotatable bonds is 4. The van der Waals surface area contributed by atoms with Gasteiger partial charge in [-0.15, -0.1) is 0 Å². The maximum atomic E-state index is 11.6. The highest BCUT2D eigenvalue weighted by molar-refractivity contribution is 5.92. The van der Waals surface area contributed by atoms with Gasteiger partial charge in [-0.05, 0) is 24.3 Å². The third-order valence-corrected chi connectivity index (χ3v) is 2.63. The van der Waals surface area contributed by atoms with E-state index >= 15 is 0 Å². The Labute approximate surface area is 122 Å². The summed E-state index contributed by atoms with van der Waals surface area (Å²) in [6.45, 7) is 3.65. The Morgan fingerprint density at radius 2 is 1.90 bits per heavy atom. The molecule has 0 saturated heterocycles. The number of amides is 1. The van der Waals surface area contributed by atoms with Gasteiger partial charge in [-0.1, -0.05) is 13.8 Å². The van der Waals surface area contributed by atoms with E-state index in [2.05, 4.69) is 15.3 Å². The van der Waals surface area contributed by atoms with Crippen LogP contribution in [0.15, 0.2) is 36.7 Å². The predicted molar refractivity (Wildman–Crippen MR) is 76.7 cm³/mol. The Balaban J connectivity index is 2.09. The Bertz CT molecular complexity index is 675. The van der Waals surface area contributed by atoms with E-state index in [1.165, 1.54) is 12.4 Å². The fourth-order valence-corrected chi connectivity index (χ4v) is 1.48. The number of anilines is 1. The molecule has 1 N–H and O–H groups in total. The second-order valence-electron chi connectivity index (χ2n) is 4.59. The molecule has 2 aromatic rings. The summed E-state index contributed by atoms with van der Waals surface area (Å²) in [6, 6.07) is 8.72. The lowest BCUT2D eigenvalue weighted by atomic mass is 10.2. The molecule has 0 spiro atoms. The minimum Gasteiger partial charge on any atom is -0.436 e. The first kappa shape index (κ1) is 14.5. The number of hydrogen-bond acceptors (Lipinski definition) is 5. The van der Waals surface area contributed by atoms with Gasteiger partial charge in [0.2, 0.25) is 11.6 Å². The number of hydrogen-bond donors (Lipinski definition) is 1. The summed E-state index contributed by atoms with van der Waals surface area (Å²) in [6.07, 6.45) is 2.88. The molecular formula is C15H14N4O2. The van der Waals surface area contributed by atoms with E-state index in [4.69, 9.17) is 10.00 Å². The van der Waals surface area contributed by atoms with Gasteiger partial charge in [-0.2, -0.15) is 5.26 Å². The first-order valence-corrected chi connectivity index (χ1v) is 6.40.